The van der Waals surface area contributed by atoms with E-state index in [1.807, 2.05) is 30.0 Å². The number of carbonyl (C=O) groups excluding carboxylic acids is 2. The Morgan fingerprint density at radius 2 is 1.81 bits per heavy atom. The number of nitrogens with one attached hydrogen (secondary N) is 1. The van der Waals surface area contributed by atoms with Crippen molar-refractivity contribution in [3.05, 3.63) is 59.8 Å². The van der Waals surface area contributed by atoms with E-state index in [0.29, 0.717) is 30.8 Å². The lowest BCUT2D eigenvalue weighted by molar-refractivity contribution is 0.0746. The highest BCUT2D eigenvalue weighted by Crippen LogP contribution is 2.15. The molecule has 2 amide bonds. The van der Waals surface area contributed by atoms with Crippen molar-refractivity contribution in [1.29, 1.82) is 0 Å². The number of rotatable bonds is 5. The fraction of sp³-hybridized carbons (Fsp3) is 0.350. The van der Waals surface area contributed by atoms with Crippen molar-refractivity contribution in [2.45, 2.75) is 13.3 Å². The minimum absolute atomic E-state index is 0.0317. The van der Waals surface area contributed by atoms with Crippen LogP contribution in [0, 0.1) is 0 Å². The molecular formula is C20H24N4O2. The molecule has 26 heavy (non-hydrogen) atoms. The standard InChI is InChI=1S/C20H24N4O2/c1-2-9-22-19(25)16-6-5-7-17(15-16)20(26)24-13-11-23(12-14-24)18-8-3-4-10-21-18/h3-8,10,15H,2,9,11-14H2,1H3,(H,22,25). The Bertz CT molecular complexity index is 755. The van der Waals surface area contributed by atoms with Crippen molar-refractivity contribution < 1.29 is 9.59 Å². The van der Waals surface area contributed by atoms with Gasteiger partial charge in [0.25, 0.3) is 11.8 Å². The molecular weight excluding hydrogens is 328 g/mol. The van der Waals surface area contributed by atoms with E-state index in [-0.39, 0.29) is 11.8 Å². The van der Waals surface area contributed by atoms with Gasteiger partial charge in [-0.05, 0) is 36.8 Å². The van der Waals surface area contributed by atoms with Crippen molar-refractivity contribution in [2.75, 3.05) is 37.6 Å². The summed E-state index contributed by atoms with van der Waals surface area (Å²) in [4.78, 5) is 33.3. The van der Waals surface area contributed by atoms with Crippen LogP contribution in [0.4, 0.5) is 5.82 Å². The van der Waals surface area contributed by atoms with Gasteiger partial charge in [-0.3, -0.25) is 9.59 Å². The van der Waals surface area contributed by atoms with Crippen LogP contribution in [0.1, 0.15) is 34.1 Å². The van der Waals surface area contributed by atoms with Gasteiger partial charge in [0, 0.05) is 50.0 Å². The number of amides is 2. The van der Waals surface area contributed by atoms with Crippen LogP contribution in [0.5, 0.6) is 0 Å². The van der Waals surface area contributed by atoms with E-state index in [1.54, 1.807) is 30.5 Å². The van der Waals surface area contributed by atoms with Crippen molar-refractivity contribution in [3.8, 4) is 0 Å². The molecule has 3 rings (SSSR count). The average molecular weight is 352 g/mol. The number of hydrogen-bond donors (Lipinski definition) is 1. The van der Waals surface area contributed by atoms with E-state index in [1.165, 1.54) is 0 Å². The van der Waals surface area contributed by atoms with Gasteiger partial charge >= 0.3 is 0 Å². The highest BCUT2D eigenvalue weighted by atomic mass is 16.2. The normalized spacial score (nSPS) is 14.2. The first kappa shape index (κ1) is 17.9. The summed E-state index contributed by atoms with van der Waals surface area (Å²) in [6.45, 7) is 5.42. The van der Waals surface area contributed by atoms with Crippen LogP contribution in [0.25, 0.3) is 0 Å². The molecule has 1 fully saturated rings. The fourth-order valence-electron chi connectivity index (χ4n) is 3.00. The largest absolute Gasteiger partial charge is 0.353 e. The molecule has 0 bridgehead atoms. The summed E-state index contributed by atoms with van der Waals surface area (Å²) in [5, 5.41) is 2.84. The number of piperazine rings is 1. The summed E-state index contributed by atoms with van der Waals surface area (Å²) in [6, 6.07) is 12.8. The number of aromatic nitrogens is 1. The van der Waals surface area contributed by atoms with Crippen LogP contribution < -0.4 is 10.2 Å². The number of carbonyl (C=O) groups is 2. The predicted octanol–water partition coefficient (Wildman–Crippen LogP) is 2.18. The van der Waals surface area contributed by atoms with E-state index in [0.717, 1.165) is 25.3 Å². The third-order valence-corrected chi connectivity index (χ3v) is 4.45. The summed E-state index contributed by atoms with van der Waals surface area (Å²) in [5.74, 6) is 0.770. The van der Waals surface area contributed by atoms with E-state index >= 15 is 0 Å². The first-order valence-corrected chi connectivity index (χ1v) is 9.02. The maximum atomic E-state index is 12.8. The smallest absolute Gasteiger partial charge is 0.253 e. The van der Waals surface area contributed by atoms with E-state index < -0.39 is 0 Å². The number of hydrogen-bond acceptors (Lipinski definition) is 4. The van der Waals surface area contributed by atoms with E-state index in [4.69, 9.17) is 0 Å². The molecule has 0 atom stereocenters. The minimum atomic E-state index is -0.138. The monoisotopic (exact) mass is 352 g/mol. The van der Waals surface area contributed by atoms with Gasteiger partial charge in [0.1, 0.15) is 5.82 Å². The van der Waals surface area contributed by atoms with E-state index in [2.05, 4.69) is 15.2 Å². The molecule has 6 nitrogen and oxygen atoms in total. The first-order valence-electron chi connectivity index (χ1n) is 9.02. The Morgan fingerprint density at radius 3 is 2.50 bits per heavy atom. The third-order valence-electron chi connectivity index (χ3n) is 4.45. The molecule has 0 radical (unpaired) electrons. The Labute approximate surface area is 153 Å². The lowest BCUT2D eigenvalue weighted by atomic mass is 10.1. The molecule has 1 saturated heterocycles. The van der Waals surface area contributed by atoms with Crippen molar-refractivity contribution in [3.63, 3.8) is 0 Å². The molecule has 1 N–H and O–H groups in total. The molecule has 1 aromatic heterocycles. The lowest BCUT2D eigenvalue weighted by Gasteiger charge is -2.35. The van der Waals surface area contributed by atoms with Crippen LogP contribution >= 0.6 is 0 Å². The molecule has 0 unspecified atom stereocenters. The van der Waals surface area contributed by atoms with Crippen molar-refractivity contribution >= 4 is 17.6 Å². The van der Waals surface area contributed by atoms with Gasteiger partial charge in [-0.1, -0.05) is 19.1 Å². The Morgan fingerprint density at radius 1 is 1.04 bits per heavy atom. The maximum Gasteiger partial charge on any atom is 0.253 e. The highest BCUT2D eigenvalue weighted by Gasteiger charge is 2.23. The van der Waals surface area contributed by atoms with Crippen LogP contribution in [0.15, 0.2) is 48.7 Å². The Hall–Kier alpha value is -2.89. The molecule has 0 spiro atoms. The molecule has 2 heterocycles. The maximum absolute atomic E-state index is 12.8. The van der Waals surface area contributed by atoms with Crippen molar-refractivity contribution in [2.24, 2.45) is 0 Å². The van der Waals surface area contributed by atoms with Gasteiger partial charge in [-0.2, -0.15) is 0 Å². The summed E-state index contributed by atoms with van der Waals surface area (Å²) in [6.07, 6.45) is 2.66. The Kier molecular flexibility index (Phi) is 5.84. The second kappa shape index (κ2) is 8.47. The summed E-state index contributed by atoms with van der Waals surface area (Å²) in [7, 11) is 0. The number of benzene rings is 1. The number of pyridine rings is 1. The highest BCUT2D eigenvalue weighted by molar-refractivity contribution is 5.99. The summed E-state index contributed by atoms with van der Waals surface area (Å²) >= 11 is 0. The van der Waals surface area contributed by atoms with Gasteiger partial charge in [0.15, 0.2) is 0 Å². The molecule has 0 saturated carbocycles. The van der Waals surface area contributed by atoms with Gasteiger partial charge < -0.3 is 15.1 Å². The van der Waals surface area contributed by atoms with Crippen LogP contribution in [-0.4, -0.2) is 54.4 Å². The molecule has 0 aliphatic carbocycles. The fourth-order valence-corrected chi connectivity index (χ4v) is 3.00. The lowest BCUT2D eigenvalue weighted by Crippen LogP contribution is -2.49. The zero-order valence-electron chi connectivity index (χ0n) is 15.0. The zero-order chi connectivity index (χ0) is 18.4. The van der Waals surface area contributed by atoms with Crippen LogP contribution in [0.3, 0.4) is 0 Å². The Balaban J connectivity index is 1.62. The average Bonchev–Trinajstić information content (AvgIpc) is 2.72. The molecule has 136 valence electrons. The zero-order valence-corrected chi connectivity index (χ0v) is 15.0. The molecule has 1 aliphatic heterocycles. The number of nitrogens with zero attached hydrogens (tertiary/aromatic N) is 3. The second-order valence-corrected chi connectivity index (χ2v) is 6.30. The quantitative estimate of drug-likeness (QED) is 0.896. The van der Waals surface area contributed by atoms with Gasteiger partial charge in [0.2, 0.25) is 0 Å². The van der Waals surface area contributed by atoms with Crippen LogP contribution in [0.2, 0.25) is 0 Å². The van der Waals surface area contributed by atoms with Gasteiger partial charge in [-0.15, -0.1) is 0 Å². The first-order chi connectivity index (χ1) is 12.7. The molecule has 6 heteroatoms. The van der Waals surface area contributed by atoms with Gasteiger partial charge in [0.05, 0.1) is 0 Å². The SMILES string of the molecule is CCCNC(=O)c1cccc(C(=O)N2CCN(c3ccccn3)CC2)c1. The molecule has 1 aromatic carbocycles. The van der Waals surface area contributed by atoms with Gasteiger partial charge in [-0.25, -0.2) is 4.98 Å². The minimum Gasteiger partial charge on any atom is -0.353 e. The number of anilines is 1. The van der Waals surface area contributed by atoms with E-state index in [9.17, 15) is 9.59 Å². The van der Waals surface area contributed by atoms with Crippen LogP contribution in [-0.2, 0) is 0 Å². The molecule has 2 aromatic rings. The third kappa shape index (κ3) is 4.20. The molecule has 1 aliphatic rings. The summed E-state index contributed by atoms with van der Waals surface area (Å²) in [5.41, 5.74) is 1.08. The second-order valence-electron chi connectivity index (χ2n) is 6.30. The topological polar surface area (TPSA) is 65.5 Å². The summed E-state index contributed by atoms with van der Waals surface area (Å²) < 4.78 is 0. The predicted molar refractivity (Wildman–Crippen MR) is 101 cm³/mol. The van der Waals surface area contributed by atoms with Crippen molar-refractivity contribution in [1.82, 2.24) is 15.2 Å².